The first kappa shape index (κ1) is 16.0. The fraction of sp³-hybridized carbons (Fsp3) is 0.375. The molecule has 1 atom stereocenters. The fourth-order valence-corrected chi connectivity index (χ4v) is 4.08. The number of morpholine rings is 1. The van der Waals surface area contributed by atoms with Crippen molar-refractivity contribution in [1.29, 1.82) is 0 Å². The fourth-order valence-electron chi connectivity index (χ4n) is 2.60. The van der Waals surface area contributed by atoms with Gasteiger partial charge in [-0.1, -0.05) is 18.2 Å². The Labute approximate surface area is 136 Å². The number of aryl methyl sites for hydroxylation is 1. The minimum atomic E-state index is -3.45. The summed E-state index contributed by atoms with van der Waals surface area (Å²) in [6, 6.07) is 10.4. The van der Waals surface area contributed by atoms with Crippen molar-refractivity contribution in [3.63, 3.8) is 0 Å². The Bertz CT molecular complexity index is 723. The first-order chi connectivity index (χ1) is 11.2. The number of aromatic nitrogens is 2. The van der Waals surface area contributed by atoms with Crippen molar-refractivity contribution in [2.75, 3.05) is 19.7 Å². The van der Waals surface area contributed by atoms with Gasteiger partial charge in [0, 0.05) is 25.0 Å². The maximum atomic E-state index is 12.7. The van der Waals surface area contributed by atoms with E-state index in [0.717, 1.165) is 18.5 Å². The van der Waals surface area contributed by atoms with E-state index in [1.165, 1.54) is 10.6 Å². The van der Waals surface area contributed by atoms with Gasteiger partial charge in [-0.2, -0.15) is 4.31 Å². The molecule has 1 aromatic carbocycles. The largest absolute Gasteiger partial charge is 0.375 e. The Morgan fingerprint density at radius 2 is 2.04 bits per heavy atom. The molecule has 7 heteroatoms. The normalized spacial score (nSPS) is 19.6. The summed E-state index contributed by atoms with van der Waals surface area (Å²) in [5, 5.41) is 0. The quantitative estimate of drug-likeness (QED) is 0.829. The minimum Gasteiger partial charge on any atom is -0.375 e. The second-order valence-corrected chi connectivity index (χ2v) is 7.35. The van der Waals surface area contributed by atoms with E-state index < -0.39 is 10.0 Å². The standard InChI is InChI=1S/C16H19N3O3S/c20-23(21,16-4-2-1-3-5-16)19-10-11-22-15(12-19)7-6-14-8-9-17-13-18-14/h1-5,8-9,13,15H,6-7,10-12H2/t15-/m1/s1. The van der Waals surface area contributed by atoms with Crippen molar-refractivity contribution in [2.24, 2.45) is 0 Å². The van der Waals surface area contributed by atoms with Crippen LogP contribution in [0.3, 0.4) is 0 Å². The van der Waals surface area contributed by atoms with Crippen molar-refractivity contribution in [3.8, 4) is 0 Å². The van der Waals surface area contributed by atoms with Crippen LogP contribution in [0.15, 0.2) is 53.8 Å². The third-order valence-electron chi connectivity index (χ3n) is 3.85. The number of rotatable bonds is 5. The number of benzene rings is 1. The predicted octanol–water partition coefficient (Wildman–Crippen LogP) is 1.50. The van der Waals surface area contributed by atoms with Crippen LogP contribution >= 0.6 is 0 Å². The smallest absolute Gasteiger partial charge is 0.243 e. The molecule has 1 saturated heterocycles. The van der Waals surface area contributed by atoms with Crippen molar-refractivity contribution >= 4 is 10.0 Å². The maximum absolute atomic E-state index is 12.7. The van der Waals surface area contributed by atoms with Crippen LogP contribution in [-0.2, 0) is 21.2 Å². The van der Waals surface area contributed by atoms with Crippen LogP contribution in [-0.4, -0.2) is 48.5 Å². The topological polar surface area (TPSA) is 72.4 Å². The molecule has 0 aliphatic carbocycles. The Morgan fingerprint density at radius 1 is 1.22 bits per heavy atom. The summed E-state index contributed by atoms with van der Waals surface area (Å²) >= 11 is 0. The monoisotopic (exact) mass is 333 g/mol. The zero-order chi connectivity index (χ0) is 16.1. The highest BCUT2D eigenvalue weighted by Gasteiger charge is 2.30. The third-order valence-corrected chi connectivity index (χ3v) is 5.73. The van der Waals surface area contributed by atoms with Gasteiger partial charge in [-0.15, -0.1) is 0 Å². The van der Waals surface area contributed by atoms with E-state index in [4.69, 9.17) is 4.74 Å². The lowest BCUT2D eigenvalue weighted by Crippen LogP contribution is -2.45. The van der Waals surface area contributed by atoms with Gasteiger partial charge in [0.25, 0.3) is 0 Å². The van der Waals surface area contributed by atoms with Crippen LogP contribution in [0.5, 0.6) is 0 Å². The first-order valence-corrected chi connectivity index (χ1v) is 9.02. The molecule has 3 rings (SSSR count). The van der Waals surface area contributed by atoms with Crippen molar-refractivity contribution < 1.29 is 13.2 Å². The van der Waals surface area contributed by atoms with Crippen molar-refractivity contribution in [3.05, 3.63) is 54.6 Å². The molecule has 1 aliphatic rings. The van der Waals surface area contributed by atoms with E-state index in [9.17, 15) is 8.42 Å². The number of nitrogens with zero attached hydrogens (tertiary/aromatic N) is 3. The zero-order valence-corrected chi connectivity index (χ0v) is 13.5. The van der Waals surface area contributed by atoms with Crippen LogP contribution < -0.4 is 0 Å². The summed E-state index contributed by atoms with van der Waals surface area (Å²) in [5.41, 5.74) is 0.937. The molecular weight excluding hydrogens is 314 g/mol. The Morgan fingerprint density at radius 3 is 2.78 bits per heavy atom. The summed E-state index contributed by atoms with van der Waals surface area (Å²) in [6.07, 6.45) is 4.58. The molecule has 1 fully saturated rings. The Balaban J connectivity index is 1.64. The SMILES string of the molecule is O=S(=O)(c1ccccc1)N1CCO[C@H](CCc2ccncn2)C1. The van der Waals surface area contributed by atoms with Crippen LogP contribution in [0.25, 0.3) is 0 Å². The van der Waals surface area contributed by atoms with Gasteiger partial charge in [-0.05, 0) is 31.0 Å². The van der Waals surface area contributed by atoms with Crippen molar-refractivity contribution in [2.45, 2.75) is 23.8 Å². The highest BCUT2D eigenvalue weighted by molar-refractivity contribution is 7.89. The number of sulfonamides is 1. The molecule has 0 spiro atoms. The van der Waals surface area contributed by atoms with Gasteiger partial charge in [-0.25, -0.2) is 18.4 Å². The van der Waals surface area contributed by atoms with Crippen LogP contribution in [0.1, 0.15) is 12.1 Å². The predicted molar refractivity (Wildman–Crippen MR) is 85.3 cm³/mol. The van der Waals surface area contributed by atoms with E-state index in [-0.39, 0.29) is 6.10 Å². The highest BCUT2D eigenvalue weighted by atomic mass is 32.2. The van der Waals surface area contributed by atoms with Gasteiger partial charge in [0.05, 0.1) is 17.6 Å². The number of hydrogen-bond donors (Lipinski definition) is 0. The summed E-state index contributed by atoms with van der Waals surface area (Å²) in [6.45, 7) is 1.18. The first-order valence-electron chi connectivity index (χ1n) is 7.58. The summed E-state index contributed by atoms with van der Waals surface area (Å²) in [4.78, 5) is 8.40. The molecular formula is C16H19N3O3S. The van der Waals surface area contributed by atoms with Crippen molar-refractivity contribution in [1.82, 2.24) is 14.3 Å². The summed E-state index contributed by atoms with van der Waals surface area (Å²) < 4.78 is 32.5. The molecule has 0 radical (unpaired) electrons. The summed E-state index contributed by atoms with van der Waals surface area (Å²) in [5.74, 6) is 0. The van der Waals surface area contributed by atoms with Gasteiger partial charge in [0.2, 0.25) is 10.0 Å². The van der Waals surface area contributed by atoms with Crippen LogP contribution in [0, 0.1) is 0 Å². The average Bonchev–Trinajstić information content (AvgIpc) is 2.62. The van der Waals surface area contributed by atoms with E-state index in [1.807, 2.05) is 12.1 Å². The Hall–Kier alpha value is -1.83. The molecule has 23 heavy (non-hydrogen) atoms. The Kier molecular flexibility index (Phi) is 5.00. The molecule has 6 nitrogen and oxygen atoms in total. The summed E-state index contributed by atoms with van der Waals surface area (Å²) in [7, 11) is -3.45. The minimum absolute atomic E-state index is 0.114. The van der Waals surface area contributed by atoms with Crippen LogP contribution in [0.2, 0.25) is 0 Å². The van der Waals surface area contributed by atoms with Gasteiger partial charge >= 0.3 is 0 Å². The van der Waals surface area contributed by atoms with Gasteiger partial charge in [0.1, 0.15) is 6.33 Å². The zero-order valence-electron chi connectivity index (χ0n) is 12.7. The van der Waals surface area contributed by atoms with Crippen LogP contribution in [0.4, 0.5) is 0 Å². The second-order valence-electron chi connectivity index (χ2n) is 5.41. The lowest BCUT2D eigenvalue weighted by molar-refractivity contribution is -0.00538. The third kappa shape index (κ3) is 3.93. The maximum Gasteiger partial charge on any atom is 0.243 e. The highest BCUT2D eigenvalue weighted by Crippen LogP contribution is 2.20. The van der Waals surface area contributed by atoms with Gasteiger partial charge in [0.15, 0.2) is 0 Å². The molecule has 1 aliphatic heterocycles. The van der Waals surface area contributed by atoms with E-state index in [0.29, 0.717) is 24.6 Å². The lowest BCUT2D eigenvalue weighted by atomic mass is 10.1. The second kappa shape index (κ2) is 7.16. The molecule has 122 valence electrons. The molecule has 1 aromatic heterocycles. The number of hydrogen-bond acceptors (Lipinski definition) is 5. The van der Waals surface area contributed by atoms with Gasteiger partial charge < -0.3 is 4.74 Å². The molecule has 2 aromatic rings. The molecule has 0 amide bonds. The molecule has 0 unspecified atom stereocenters. The molecule has 0 bridgehead atoms. The molecule has 0 N–H and O–H groups in total. The molecule has 0 saturated carbocycles. The number of ether oxygens (including phenoxy) is 1. The average molecular weight is 333 g/mol. The molecule has 2 heterocycles. The lowest BCUT2D eigenvalue weighted by Gasteiger charge is -2.32. The van der Waals surface area contributed by atoms with Gasteiger partial charge in [-0.3, -0.25) is 0 Å². The van der Waals surface area contributed by atoms with E-state index in [1.54, 1.807) is 30.5 Å². The van der Waals surface area contributed by atoms with E-state index >= 15 is 0 Å². The van der Waals surface area contributed by atoms with E-state index in [2.05, 4.69) is 9.97 Å².